The summed E-state index contributed by atoms with van der Waals surface area (Å²) in [7, 11) is 0. The molecule has 1 N–H and O–H groups in total. The van der Waals surface area contributed by atoms with Gasteiger partial charge >= 0.3 is 0 Å². The van der Waals surface area contributed by atoms with Gasteiger partial charge in [0.05, 0.1) is 12.7 Å². The van der Waals surface area contributed by atoms with E-state index in [2.05, 4.69) is 39.2 Å². The van der Waals surface area contributed by atoms with Crippen LogP contribution in [0.15, 0.2) is 12.5 Å². The minimum Gasteiger partial charge on any atom is -0.364 e. The molecular weight excluding hydrogens is 276 g/mol. The molecule has 0 aromatic carbocycles. The molecule has 2 aromatic heterocycles. The van der Waals surface area contributed by atoms with E-state index in [1.807, 2.05) is 4.68 Å². The van der Waals surface area contributed by atoms with Crippen LogP contribution in [0.2, 0.25) is 5.02 Å². The number of halogens is 1. The second-order valence-corrected chi connectivity index (χ2v) is 5.73. The Balaban J connectivity index is 1.74. The largest absolute Gasteiger partial charge is 0.364 e. The first-order valence-corrected chi connectivity index (χ1v) is 7.17. The maximum atomic E-state index is 6.07. The molecule has 0 bridgehead atoms. The van der Waals surface area contributed by atoms with Crippen molar-refractivity contribution < 1.29 is 0 Å². The summed E-state index contributed by atoms with van der Waals surface area (Å²) in [4.78, 5) is 12.6. The zero-order valence-corrected chi connectivity index (χ0v) is 12.3. The summed E-state index contributed by atoms with van der Waals surface area (Å²) in [6.07, 6.45) is 5.00. The Bertz CT molecular complexity index is 609. The van der Waals surface area contributed by atoms with Gasteiger partial charge < -0.3 is 5.32 Å². The minimum atomic E-state index is 0.261. The number of fused-ring (bicyclic) bond motifs is 1. The van der Waals surface area contributed by atoms with Crippen LogP contribution in [-0.2, 0) is 13.0 Å². The van der Waals surface area contributed by atoms with E-state index in [0.29, 0.717) is 16.8 Å². The first-order chi connectivity index (χ1) is 9.63. The van der Waals surface area contributed by atoms with Crippen LogP contribution >= 0.6 is 11.6 Å². The molecule has 0 fully saturated rings. The summed E-state index contributed by atoms with van der Waals surface area (Å²) < 4.78 is 1.99. The van der Waals surface area contributed by atoms with E-state index < -0.39 is 0 Å². The van der Waals surface area contributed by atoms with Gasteiger partial charge in [0.2, 0.25) is 0 Å². The molecule has 20 heavy (non-hydrogen) atoms. The van der Waals surface area contributed by atoms with Crippen LogP contribution in [0.3, 0.4) is 0 Å². The maximum Gasteiger partial charge on any atom is 0.153 e. The molecule has 1 aliphatic rings. The predicted molar refractivity (Wildman–Crippen MR) is 76.9 cm³/mol. The normalized spacial score (nSPS) is 18.1. The Morgan fingerprint density at radius 2 is 2.30 bits per heavy atom. The standard InChI is InChI=1S/C13H17ClN6/c1-8(2)12-18-11-4-3-9(6-20(11)19-12)17-13-10(14)5-15-7-16-13/h5,7-9H,3-4,6H2,1-2H3,(H,15,16,17). The van der Waals surface area contributed by atoms with Crippen molar-refractivity contribution in [3.05, 3.63) is 29.2 Å². The Morgan fingerprint density at radius 3 is 3.05 bits per heavy atom. The van der Waals surface area contributed by atoms with Crippen LogP contribution in [0.25, 0.3) is 0 Å². The van der Waals surface area contributed by atoms with Crippen molar-refractivity contribution in [2.75, 3.05) is 5.32 Å². The lowest BCUT2D eigenvalue weighted by atomic mass is 10.1. The molecule has 0 saturated heterocycles. The van der Waals surface area contributed by atoms with Crippen LogP contribution in [0.1, 0.15) is 37.8 Å². The van der Waals surface area contributed by atoms with Crippen molar-refractivity contribution in [2.45, 2.75) is 45.2 Å². The van der Waals surface area contributed by atoms with E-state index >= 15 is 0 Å². The van der Waals surface area contributed by atoms with Crippen LogP contribution in [0.4, 0.5) is 5.82 Å². The first-order valence-electron chi connectivity index (χ1n) is 6.79. The molecule has 0 amide bonds. The number of anilines is 1. The molecule has 1 aliphatic heterocycles. The second-order valence-electron chi connectivity index (χ2n) is 5.32. The Kier molecular flexibility index (Phi) is 3.56. The van der Waals surface area contributed by atoms with Crippen molar-refractivity contribution in [3.63, 3.8) is 0 Å². The van der Waals surface area contributed by atoms with E-state index in [1.54, 1.807) is 6.20 Å². The van der Waals surface area contributed by atoms with E-state index in [-0.39, 0.29) is 6.04 Å². The molecule has 3 heterocycles. The van der Waals surface area contributed by atoms with Crippen LogP contribution < -0.4 is 5.32 Å². The van der Waals surface area contributed by atoms with Crippen LogP contribution in [-0.4, -0.2) is 30.8 Å². The van der Waals surface area contributed by atoms with Crippen molar-refractivity contribution in [1.82, 2.24) is 24.7 Å². The summed E-state index contributed by atoms with van der Waals surface area (Å²) in [5.41, 5.74) is 0. The predicted octanol–water partition coefficient (Wildman–Crippen LogP) is 2.27. The highest BCUT2D eigenvalue weighted by Gasteiger charge is 2.23. The van der Waals surface area contributed by atoms with Crippen LogP contribution in [0.5, 0.6) is 0 Å². The molecule has 3 rings (SSSR count). The highest BCUT2D eigenvalue weighted by molar-refractivity contribution is 6.32. The lowest BCUT2D eigenvalue weighted by molar-refractivity contribution is 0.439. The monoisotopic (exact) mass is 292 g/mol. The Labute approximate surface area is 122 Å². The van der Waals surface area contributed by atoms with Crippen molar-refractivity contribution in [3.8, 4) is 0 Å². The molecule has 0 saturated carbocycles. The Morgan fingerprint density at radius 1 is 1.45 bits per heavy atom. The third-order valence-electron chi connectivity index (χ3n) is 3.40. The fourth-order valence-electron chi connectivity index (χ4n) is 2.30. The maximum absolute atomic E-state index is 6.07. The van der Waals surface area contributed by atoms with Gasteiger partial charge in [-0.3, -0.25) is 0 Å². The van der Waals surface area contributed by atoms with E-state index in [4.69, 9.17) is 11.6 Å². The van der Waals surface area contributed by atoms with Crippen molar-refractivity contribution in [1.29, 1.82) is 0 Å². The third-order valence-corrected chi connectivity index (χ3v) is 3.68. The number of hydrogen-bond acceptors (Lipinski definition) is 5. The van der Waals surface area contributed by atoms with Gasteiger partial charge in [0.1, 0.15) is 23.0 Å². The van der Waals surface area contributed by atoms with Gasteiger partial charge in [-0.15, -0.1) is 0 Å². The summed E-state index contributed by atoms with van der Waals surface area (Å²) in [5.74, 6) is 3.02. The highest BCUT2D eigenvalue weighted by atomic mass is 35.5. The number of nitrogens with zero attached hydrogens (tertiary/aromatic N) is 5. The molecule has 106 valence electrons. The molecule has 1 unspecified atom stereocenters. The summed E-state index contributed by atoms with van der Waals surface area (Å²) in [6, 6.07) is 0.261. The van der Waals surface area contributed by atoms with Crippen molar-refractivity contribution >= 4 is 17.4 Å². The number of hydrogen-bond donors (Lipinski definition) is 1. The number of aryl methyl sites for hydroxylation is 1. The molecule has 6 nitrogen and oxygen atoms in total. The highest BCUT2D eigenvalue weighted by Crippen LogP contribution is 2.22. The second kappa shape index (κ2) is 5.36. The third kappa shape index (κ3) is 2.60. The summed E-state index contributed by atoms with van der Waals surface area (Å²) in [5, 5.41) is 8.46. The SMILES string of the molecule is CC(C)c1nc2n(n1)CC(Nc1ncncc1Cl)CC2. The van der Waals surface area contributed by atoms with Gasteiger partial charge in [-0.25, -0.2) is 19.6 Å². The molecule has 2 aromatic rings. The van der Waals surface area contributed by atoms with Gasteiger partial charge in [-0.05, 0) is 6.42 Å². The molecule has 0 aliphatic carbocycles. The van der Waals surface area contributed by atoms with Gasteiger partial charge in [0, 0.05) is 18.4 Å². The van der Waals surface area contributed by atoms with Crippen molar-refractivity contribution in [2.24, 2.45) is 0 Å². The molecule has 1 atom stereocenters. The smallest absolute Gasteiger partial charge is 0.153 e. The van der Waals surface area contributed by atoms with Crippen LogP contribution in [0, 0.1) is 0 Å². The molecule has 0 spiro atoms. The minimum absolute atomic E-state index is 0.261. The van der Waals surface area contributed by atoms with Gasteiger partial charge in [-0.1, -0.05) is 25.4 Å². The number of nitrogens with one attached hydrogen (secondary N) is 1. The average molecular weight is 293 g/mol. The quantitative estimate of drug-likeness (QED) is 0.940. The lowest BCUT2D eigenvalue weighted by Crippen LogP contribution is -2.32. The molecule has 7 heteroatoms. The lowest BCUT2D eigenvalue weighted by Gasteiger charge is -2.24. The fraction of sp³-hybridized carbons (Fsp3) is 0.538. The first kappa shape index (κ1) is 13.3. The summed E-state index contributed by atoms with van der Waals surface area (Å²) >= 11 is 6.07. The zero-order chi connectivity index (χ0) is 14.1. The van der Waals surface area contributed by atoms with Gasteiger partial charge in [-0.2, -0.15) is 5.10 Å². The number of aromatic nitrogens is 5. The van der Waals surface area contributed by atoms with Gasteiger partial charge in [0.15, 0.2) is 5.82 Å². The van der Waals surface area contributed by atoms with E-state index in [9.17, 15) is 0 Å². The topological polar surface area (TPSA) is 68.5 Å². The van der Waals surface area contributed by atoms with E-state index in [0.717, 1.165) is 31.0 Å². The fourth-order valence-corrected chi connectivity index (χ4v) is 2.46. The molecular formula is C13H17ClN6. The summed E-state index contributed by atoms with van der Waals surface area (Å²) in [6.45, 7) is 5.00. The average Bonchev–Trinajstić information content (AvgIpc) is 2.85. The number of rotatable bonds is 3. The van der Waals surface area contributed by atoms with Gasteiger partial charge in [0.25, 0.3) is 0 Å². The molecule has 0 radical (unpaired) electrons. The van der Waals surface area contributed by atoms with E-state index in [1.165, 1.54) is 6.33 Å². The Hall–Kier alpha value is -1.69. The zero-order valence-electron chi connectivity index (χ0n) is 11.5.